The maximum Gasteiger partial charge on any atom is 0.453 e. The summed E-state index contributed by atoms with van der Waals surface area (Å²) in [7, 11) is 0. The molecule has 1 aliphatic rings. The molecule has 0 atom stereocenters. The van der Waals surface area contributed by atoms with Gasteiger partial charge >= 0.3 is 6.18 Å². The highest BCUT2D eigenvalue weighted by Crippen LogP contribution is 2.28. The molecule has 8 nitrogen and oxygen atoms in total. The van der Waals surface area contributed by atoms with Crippen LogP contribution in [-0.4, -0.2) is 51.1 Å². The van der Waals surface area contributed by atoms with E-state index in [1.165, 1.54) is 6.07 Å². The number of hydrogen-bond donors (Lipinski definition) is 1. The van der Waals surface area contributed by atoms with Gasteiger partial charge in [-0.1, -0.05) is 18.2 Å². The lowest BCUT2D eigenvalue weighted by Crippen LogP contribution is -2.41. The van der Waals surface area contributed by atoms with E-state index in [0.717, 1.165) is 11.3 Å². The zero-order valence-electron chi connectivity index (χ0n) is 18.1. The third-order valence-corrected chi connectivity index (χ3v) is 6.64. The molecule has 1 amide bonds. The maximum absolute atomic E-state index is 13.1. The number of nitrogens with one attached hydrogen (secondary N) is 1. The number of aromatic nitrogens is 4. The molecule has 1 saturated heterocycles. The van der Waals surface area contributed by atoms with Crippen LogP contribution in [0.2, 0.25) is 0 Å². The van der Waals surface area contributed by atoms with Crippen molar-refractivity contribution in [2.75, 3.05) is 30.3 Å². The fourth-order valence-corrected chi connectivity index (χ4v) is 4.69. The van der Waals surface area contributed by atoms with E-state index >= 15 is 0 Å². The summed E-state index contributed by atoms with van der Waals surface area (Å²) in [5.41, 5.74) is 1.67. The monoisotopic (exact) mass is 489 g/mol. The van der Waals surface area contributed by atoms with E-state index in [1.54, 1.807) is 23.9 Å². The molecule has 1 N–H and O–H groups in total. The topological polar surface area (TPSA) is 99.2 Å². The van der Waals surface area contributed by atoms with Gasteiger partial charge in [0, 0.05) is 37.1 Å². The molecule has 0 saturated carbocycles. The third-order valence-electron chi connectivity index (χ3n) is 5.63. The zero-order valence-corrected chi connectivity index (χ0v) is 18.9. The van der Waals surface area contributed by atoms with Crippen LogP contribution in [0.1, 0.15) is 29.8 Å². The van der Waals surface area contributed by atoms with Gasteiger partial charge in [-0.2, -0.15) is 34.7 Å². The predicted octanol–water partition coefficient (Wildman–Crippen LogP) is 3.28. The first-order valence-electron chi connectivity index (χ1n) is 10.7. The first kappa shape index (κ1) is 23.8. The number of piperidine rings is 1. The van der Waals surface area contributed by atoms with Gasteiger partial charge in [0.05, 0.1) is 11.6 Å². The first-order chi connectivity index (χ1) is 16.4. The smallest absolute Gasteiger partial charge is 0.355 e. The number of halogens is 3. The second kappa shape index (κ2) is 10.3. The van der Waals surface area contributed by atoms with Gasteiger partial charge < -0.3 is 10.2 Å². The summed E-state index contributed by atoms with van der Waals surface area (Å²) in [5, 5.41) is 22.9. The Hall–Kier alpha value is -3.33. The predicted molar refractivity (Wildman–Crippen MR) is 121 cm³/mol. The molecule has 1 aromatic carbocycles. The van der Waals surface area contributed by atoms with Gasteiger partial charge in [0.2, 0.25) is 5.91 Å². The largest absolute Gasteiger partial charge is 0.453 e. The molecule has 34 heavy (non-hydrogen) atoms. The average Bonchev–Trinajstić information content (AvgIpc) is 3.28. The molecular weight excluding hydrogens is 467 g/mol. The fraction of sp³-hybridized carbons (Fsp3) is 0.409. The van der Waals surface area contributed by atoms with E-state index in [1.807, 2.05) is 23.1 Å². The number of nitrogens with zero attached hydrogens (tertiary/aromatic N) is 6. The number of fused-ring (bicyclic) bond motifs is 1. The minimum atomic E-state index is -4.65. The lowest BCUT2D eigenvalue weighted by Gasteiger charge is -2.32. The summed E-state index contributed by atoms with van der Waals surface area (Å²) in [6, 6.07) is 12.7. The number of thioether (sulfide) groups is 1. The van der Waals surface area contributed by atoms with Crippen molar-refractivity contribution >= 4 is 29.1 Å². The molecule has 0 unspecified atom stereocenters. The Balaban J connectivity index is 1.24. The van der Waals surface area contributed by atoms with Crippen molar-refractivity contribution in [3.8, 4) is 6.07 Å². The van der Waals surface area contributed by atoms with Crippen molar-refractivity contribution < 1.29 is 18.0 Å². The van der Waals surface area contributed by atoms with Crippen LogP contribution in [0.15, 0.2) is 36.4 Å². The molecular formula is C22H22F3N7OS. The normalized spacial score (nSPS) is 14.8. The quantitative estimate of drug-likeness (QED) is 0.509. The van der Waals surface area contributed by atoms with Crippen LogP contribution in [0.4, 0.5) is 19.0 Å². The van der Waals surface area contributed by atoms with Crippen molar-refractivity contribution in [2.45, 2.75) is 24.8 Å². The van der Waals surface area contributed by atoms with Crippen molar-refractivity contribution in [1.82, 2.24) is 25.1 Å². The Morgan fingerprint density at radius 3 is 2.68 bits per heavy atom. The Bertz CT molecular complexity index is 1200. The van der Waals surface area contributed by atoms with Crippen LogP contribution in [0.3, 0.4) is 0 Å². The zero-order chi connectivity index (χ0) is 24.1. The van der Waals surface area contributed by atoms with E-state index < -0.39 is 12.0 Å². The minimum Gasteiger partial charge on any atom is -0.355 e. The number of nitriles is 1. The molecule has 12 heteroatoms. The Morgan fingerprint density at radius 1 is 1.18 bits per heavy atom. The summed E-state index contributed by atoms with van der Waals surface area (Å²) >= 11 is 1.65. The Morgan fingerprint density at radius 2 is 1.94 bits per heavy atom. The van der Waals surface area contributed by atoms with E-state index in [0.29, 0.717) is 54.1 Å². The van der Waals surface area contributed by atoms with Crippen LogP contribution in [-0.2, 0) is 16.7 Å². The number of carbonyl (C=O) groups is 1. The minimum absolute atomic E-state index is 0.0146. The summed E-state index contributed by atoms with van der Waals surface area (Å²) in [5.74, 6) is 0.509. The number of amides is 1. The number of anilines is 1. The van der Waals surface area contributed by atoms with Gasteiger partial charge in [0.1, 0.15) is 5.82 Å². The van der Waals surface area contributed by atoms with Crippen LogP contribution < -0.4 is 10.2 Å². The molecule has 3 aromatic rings. The molecule has 0 aliphatic carbocycles. The standard InChI is InChI=1S/C22H22F3N7OS/c23-22(24,25)21-29-28-18-5-6-19(30-32(18)21)31-10-7-15(8-11-31)20(33)27-9-12-34-14-17-4-2-1-3-16(17)13-26/h1-6,15H,7-12,14H2,(H,27,33). The van der Waals surface area contributed by atoms with Gasteiger partial charge in [0.25, 0.3) is 5.82 Å². The highest BCUT2D eigenvalue weighted by atomic mass is 32.2. The molecule has 2 aromatic heterocycles. The van der Waals surface area contributed by atoms with Crippen LogP contribution in [0.5, 0.6) is 0 Å². The molecule has 178 valence electrons. The number of rotatable bonds is 7. The summed E-state index contributed by atoms with van der Waals surface area (Å²) in [4.78, 5) is 14.4. The second-order valence-electron chi connectivity index (χ2n) is 7.86. The van der Waals surface area contributed by atoms with E-state index in [9.17, 15) is 18.0 Å². The van der Waals surface area contributed by atoms with Crippen LogP contribution in [0.25, 0.3) is 5.65 Å². The molecule has 3 heterocycles. The number of alkyl halides is 3. The van der Waals surface area contributed by atoms with Gasteiger partial charge in [-0.3, -0.25) is 4.79 Å². The Kier molecular flexibility index (Phi) is 7.21. The lowest BCUT2D eigenvalue weighted by molar-refractivity contribution is -0.146. The fourth-order valence-electron chi connectivity index (χ4n) is 3.82. The lowest BCUT2D eigenvalue weighted by atomic mass is 9.96. The van der Waals surface area contributed by atoms with Gasteiger partial charge in [-0.25, -0.2) is 0 Å². The molecule has 0 radical (unpaired) electrons. The van der Waals surface area contributed by atoms with Crippen molar-refractivity contribution in [3.63, 3.8) is 0 Å². The number of carbonyl (C=O) groups excluding carboxylic acids is 1. The van der Waals surface area contributed by atoms with Crippen molar-refractivity contribution in [1.29, 1.82) is 5.26 Å². The highest BCUT2D eigenvalue weighted by Gasteiger charge is 2.38. The Labute approximate surface area is 198 Å². The molecule has 0 spiro atoms. The first-order valence-corrected chi connectivity index (χ1v) is 11.9. The van der Waals surface area contributed by atoms with Crippen molar-refractivity contribution in [2.24, 2.45) is 5.92 Å². The van der Waals surface area contributed by atoms with Gasteiger partial charge in [-0.15, -0.1) is 15.3 Å². The molecule has 0 bridgehead atoms. The molecule has 4 rings (SSSR count). The van der Waals surface area contributed by atoms with E-state index in [2.05, 4.69) is 26.7 Å². The summed E-state index contributed by atoms with van der Waals surface area (Å²) in [6.07, 6.45) is -3.47. The second-order valence-corrected chi connectivity index (χ2v) is 8.96. The third kappa shape index (κ3) is 5.41. The van der Waals surface area contributed by atoms with E-state index in [4.69, 9.17) is 5.26 Å². The van der Waals surface area contributed by atoms with E-state index in [-0.39, 0.29) is 17.5 Å². The number of hydrogen-bond acceptors (Lipinski definition) is 7. The van der Waals surface area contributed by atoms with Crippen molar-refractivity contribution in [3.05, 3.63) is 53.3 Å². The van der Waals surface area contributed by atoms with Gasteiger partial charge in [0.15, 0.2) is 5.65 Å². The highest BCUT2D eigenvalue weighted by molar-refractivity contribution is 7.98. The molecule has 1 aliphatic heterocycles. The van der Waals surface area contributed by atoms with Gasteiger partial charge in [-0.05, 0) is 36.6 Å². The van der Waals surface area contributed by atoms with Crippen LogP contribution >= 0.6 is 11.8 Å². The average molecular weight is 490 g/mol. The molecule has 1 fully saturated rings. The maximum atomic E-state index is 13.1. The number of benzene rings is 1. The summed E-state index contributed by atoms with van der Waals surface area (Å²) < 4.78 is 40.0. The SMILES string of the molecule is N#Cc1ccccc1CSCCNC(=O)C1CCN(c2ccc3nnc(C(F)(F)F)n3n2)CC1. The van der Waals surface area contributed by atoms with Crippen LogP contribution in [0, 0.1) is 17.2 Å². The summed E-state index contributed by atoms with van der Waals surface area (Å²) in [6.45, 7) is 1.56.